The number of rotatable bonds is 2. The van der Waals surface area contributed by atoms with E-state index in [2.05, 4.69) is 0 Å². The molecule has 1 fully saturated rings. The number of hydrogen-bond acceptors (Lipinski definition) is 6. The molecule has 1 aromatic rings. The van der Waals surface area contributed by atoms with E-state index in [4.69, 9.17) is 10.9 Å². The topological polar surface area (TPSA) is 124 Å². The minimum absolute atomic E-state index is 0.0481. The Labute approximate surface area is 118 Å². The Hall–Kier alpha value is -1.32. The van der Waals surface area contributed by atoms with E-state index in [0.717, 1.165) is 0 Å². The number of benzene rings is 1. The summed E-state index contributed by atoms with van der Waals surface area (Å²) in [6.45, 7) is 0.850. The molecule has 0 aromatic heterocycles. The van der Waals surface area contributed by atoms with Gasteiger partial charge in [-0.3, -0.25) is 0 Å². The molecule has 0 saturated carbocycles. The number of sulfonamides is 1. The molecule has 0 aliphatic carbocycles. The minimum atomic E-state index is -3.84. The summed E-state index contributed by atoms with van der Waals surface area (Å²) in [5.41, 5.74) is 6.54. The van der Waals surface area contributed by atoms with Gasteiger partial charge in [0.1, 0.15) is 0 Å². The van der Waals surface area contributed by atoms with E-state index < -0.39 is 19.9 Å². The van der Waals surface area contributed by atoms with Crippen molar-refractivity contribution in [2.45, 2.75) is 11.3 Å². The monoisotopic (exact) mass is 319 g/mol. The van der Waals surface area contributed by atoms with Crippen LogP contribution in [0.2, 0.25) is 0 Å². The molecule has 0 unspecified atom stereocenters. The quantitative estimate of drug-likeness (QED) is 0.711. The van der Waals surface area contributed by atoms with Crippen LogP contribution in [0.1, 0.15) is 6.42 Å². The third kappa shape index (κ3) is 3.62. The lowest BCUT2D eigenvalue weighted by atomic mass is 10.2. The lowest BCUT2D eigenvalue weighted by Gasteiger charge is -2.23. The second-order valence-electron chi connectivity index (χ2n) is 4.80. The van der Waals surface area contributed by atoms with Crippen LogP contribution < -0.4 is 15.8 Å². The summed E-state index contributed by atoms with van der Waals surface area (Å²) in [5, 5.41) is 5.10. The van der Waals surface area contributed by atoms with Crippen molar-refractivity contribution < 1.29 is 16.8 Å². The smallest absolute Gasteiger partial charge is 0.238 e. The van der Waals surface area contributed by atoms with Gasteiger partial charge in [-0.05, 0) is 24.6 Å². The van der Waals surface area contributed by atoms with Gasteiger partial charge < -0.3 is 10.6 Å². The Kier molecular flexibility index (Phi) is 3.94. The fraction of sp³-hybridized carbons (Fsp3) is 0.455. The molecule has 7 nitrogen and oxygen atoms in total. The van der Waals surface area contributed by atoms with Crippen LogP contribution in [0, 0.1) is 0 Å². The molecular formula is C11H17N3O4S2. The van der Waals surface area contributed by atoms with Crippen molar-refractivity contribution >= 4 is 31.2 Å². The van der Waals surface area contributed by atoms with Gasteiger partial charge in [0.15, 0.2) is 9.84 Å². The zero-order valence-electron chi connectivity index (χ0n) is 10.8. The third-order valence-electron chi connectivity index (χ3n) is 3.16. The van der Waals surface area contributed by atoms with Gasteiger partial charge in [0.05, 0.1) is 16.4 Å². The first kappa shape index (κ1) is 15.1. The molecular weight excluding hydrogens is 302 g/mol. The Morgan fingerprint density at radius 1 is 1.10 bits per heavy atom. The van der Waals surface area contributed by atoms with Crippen molar-refractivity contribution in [1.29, 1.82) is 0 Å². The van der Waals surface area contributed by atoms with Crippen LogP contribution in [0.4, 0.5) is 11.4 Å². The molecule has 1 saturated heterocycles. The van der Waals surface area contributed by atoms with Crippen molar-refractivity contribution in [2.24, 2.45) is 5.14 Å². The number of nitrogens with two attached hydrogens (primary N) is 2. The molecule has 0 spiro atoms. The normalized spacial score (nSPS) is 19.6. The predicted octanol–water partition coefficient (Wildman–Crippen LogP) is -0.459. The maximum absolute atomic E-state index is 11.6. The van der Waals surface area contributed by atoms with Crippen LogP contribution in [0.3, 0.4) is 0 Å². The molecule has 2 rings (SSSR count). The summed E-state index contributed by atoms with van der Waals surface area (Å²) >= 11 is 0. The minimum Gasteiger partial charge on any atom is -0.399 e. The van der Waals surface area contributed by atoms with Crippen LogP contribution in [-0.2, 0) is 19.9 Å². The van der Waals surface area contributed by atoms with Crippen molar-refractivity contribution in [3.63, 3.8) is 0 Å². The number of nitrogen functional groups attached to an aromatic ring is 1. The Morgan fingerprint density at radius 3 is 2.45 bits per heavy atom. The van der Waals surface area contributed by atoms with Crippen molar-refractivity contribution in [1.82, 2.24) is 0 Å². The highest BCUT2D eigenvalue weighted by Crippen LogP contribution is 2.24. The molecule has 20 heavy (non-hydrogen) atoms. The molecule has 0 radical (unpaired) electrons. The molecule has 1 aromatic carbocycles. The summed E-state index contributed by atoms with van der Waals surface area (Å²) in [7, 11) is -6.87. The predicted molar refractivity (Wildman–Crippen MR) is 77.7 cm³/mol. The molecule has 0 bridgehead atoms. The molecule has 1 aliphatic rings. The van der Waals surface area contributed by atoms with Gasteiger partial charge in [0.2, 0.25) is 10.0 Å². The molecule has 4 N–H and O–H groups in total. The fourth-order valence-corrected chi connectivity index (χ4v) is 4.01. The van der Waals surface area contributed by atoms with Crippen molar-refractivity contribution in [3.8, 4) is 0 Å². The van der Waals surface area contributed by atoms with E-state index in [1.165, 1.54) is 12.1 Å². The Morgan fingerprint density at radius 2 is 1.80 bits per heavy atom. The zero-order chi connectivity index (χ0) is 15.0. The summed E-state index contributed by atoms with van der Waals surface area (Å²) in [6, 6.07) is 4.32. The first-order valence-electron chi connectivity index (χ1n) is 6.06. The first-order valence-corrected chi connectivity index (χ1v) is 9.43. The molecule has 9 heteroatoms. The van der Waals surface area contributed by atoms with E-state index in [1.54, 1.807) is 6.07 Å². The lowest BCUT2D eigenvalue weighted by molar-refractivity contribution is 0.595. The SMILES string of the molecule is Nc1cc(N2CCCS(=O)(=O)CC2)cc(S(N)(=O)=O)c1. The van der Waals surface area contributed by atoms with Crippen LogP contribution >= 0.6 is 0 Å². The number of primary sulfonamides is 1. The molecule has 0 atom stereocenters. The van der Waals surface area contributed by atoms with Crippen LogP contribution in [0.25, 0.3) is 0 Å². The van der Waals surface area contributed by atoms with E-state index in [1.807, 2.05) is 4.90 Å². The average Bonchev–Trinajstić information content (AvgIpc) is 2.48. The first-order chi connectivity index (χ1) is 9.17. The third-order valence-corrected chi connectivity index (χ3v) is 5.77. The second-order valence-corrected chi connectivity index (χ2v) is 8.66. The summed E-state index contributed by atoms with van der Waals surface area (Å²) in [6.07, 6.45) is 0.502. The number of nitrogens with zero attached hydrogens (tertiary/aromatic N) is 1. The molecule has 112 valence electrons. The molecule has 0 amide bonds. The van der Waals surface area contributed by atoms with Crippen molar-refractivity contribution in [3.05, 3.63) is 18.2 Å². The van der Waals surface area contributed by atoms with Gasteiger partial charge in [0.25, 0.3) is 0 Å². The van der Waals surface area contributed by atoms with E-state index >= 15 is 0 Å². The highest BCUT2D eigenvalue weighted by Gasteiger charge is 2.20. The highest BCUT2D eigenvalue weighted by atomic mass is 32.2. The van der Waals surface area contributed by atoms with Crippen LogP contribution in [-0.4, -0.2) is 41.4 Å². The number of anilines is 2. The lowest BCUT2D eigenvalue weighted by Crippen LogP contribution is -2.27. The maximum atomic E-state index is 11.6. The number of hydrogen-bond donors (Lipinski definition) is 2. The standard InChI is InChI=1S/C11H17N3O4S2/c12-9-6-10(8-11(7-9)20(13,17)18)14-2-1-4-19(15,16)5-3-14/h6-8H,1-5,12H2,(H2,13,17,18). The highest BCUT2D eigenvalue weighted by molar-refractivity contribution is 7.91. The van der Waals surface area contributed by atoms with Gasteiger partial charge in [-0.15, -0.1) is 0 Å². The fourth-order valence-electron chi connectivity index (χ4n) is 2.15. The van der Waals surface area contributed by atoms with Gasteiger partial charge in [-0.2, -0.15) is 0 Å². The summed E-state index contributed by atoms with van der Waals surface area (Å²) in [4.78, 5) is 1.75. The molecule has 1 aliphatic heterocycles. The maximum Gasteiger partial charge on any atom is 0.238 e. The Bertz CT molecular complexity index is 713. The van der Waals surface area contributed by atoms with E-state index in [-0.39, 0.29) is 22.1 Å². The van der Waals surface area contributed by atoms with Gasteiger partial charge in [0, 0.05) is 24.5 Å². The zero-order valence-corrected chi connectivity index (χ0v) is 12.5. The summed E-state index contributed by atoms with van der Waals surface area (Å²) in [5.74, 6) is 0.195. The van der Waals surface area contributed by atoms with Crippen LogP contribution in [0.15, 0.2) is 23.1 Å². The second kappa shape index (κ2) is 5.23. The molecule has 1 heterocycles. The number of sulfone groups is 1. The average molecular weight is 319 g/mol. The Balaban J connectivity index is 2.36. The largest absolute Gasteiger partial charge is 0.399 e. The van der Waals surface area contributed by atoms with Gasteiger partial charge >= 0.3 is 0 Å². The van der Waals surface area contributed by atoms with Gasteiger partial charge in [-0.25, -0.2) is 22.0 Å². The van der Waals surface area contributed by atoms with E-state index in [9.17, 15) is 16.8 Å². The van der Waals surface area contributed by atoms with E-state index in [0.29, 0.717) is 25.2 Å². The summed E-state index contributed by atoms with van der Waals surface area (Å²) < 4.78 is 45.9. The van der Waals surface area contributed by atoms with Gasteiger partial charge in [-0.1, -0.05) is 0 Å². The van der Waals surface area contributed by atoms with Crippen LogP contribution in [0.5, 0.6) is 0 Å². The van der Waals surface area contributed by atoms with Crippen molar-refractivity contribution in [2.75, 3.05) is 35.2 Å².